The fraction of sp³-hybridized carbons (Fsp3) is 0.840. The molecule has 4 fully saturated rings. The number of amides is 2. The van der Waals surface area contributed by atoms with Crippen molar-refractivity contribution in [3.05, 3.63) is 11.6 Å². The SMILES string of the molecule is COC1C(OC(=O)NC2CCC(NC(=O)CNF)CC2)CCC2(CO2)C1[C@]1(C)OC1CC=C(C)C. The molecule has 2 saturated heterocycles. The number of methoxy groups -OCH3 is 1. The van der Waals surface area contributed by atoms with Crippen LogP contribution < -0.4 is 16.2 Å². The van der Waals surface area contributed by atoms with Gasteiger partial charge in [-0.05, 0) is 65.7 Å². The monoisotopic (exact) mass is 497 g/mol. The zero-order valence-electron chi connectivity index (χ0n) is 21.2. The number of halogens is 1. The van der Waals surface area contributed by atoms with E-state index < -0.39 is 6.09 Å². The maximum atomic E-state index is 12.8. The lowest BCUT2D eigenvalue weighted by molar-refractivity contribution is -0.121. The van der Waals surface area contributed by atoms with Crippen molar-refractivity contribution >= 4 is 12.0 Å². The Bertz CT molecular complexity index is 809. The number of epoxide rings is 2. The van der Waals surface area contributed by atoms with Crippen molar-refractivity contribution in [2.45, 2.75) is 107 Å². The largest absolute Gasteiger partial charge is 0.443 e. The Balaban J connectivity index is 1.30. The van der Waals surface area contributed by atoms with Crippen molar-refractivity contribution < 1.29 is 33.0 Å². The molecule has 1 spiro atoms. The Hall–Kier alpha value is -1.75. The summed E-state index contributed by atoms with van der Waals surface area (Å²) in [6.07, 6.45) is 6.38. The smallest absolute Gasteiger partial charge is 0.407 e. The number of carbonyl (C=O) groups is 2. The molecule has 2 aliphatic heterocycles. The van der Waals surface area contributed by atoms with Crippen LogP contribution in [0.25, 0.3) is 0 Å². The third kappa shape index (κ3) is 5.98. The minimum Gasteiger partial charge on any atom is -0.443 e. The molecule has 198 valence electrons. The highest BCUT2D eigenvalue weighted by Gasteiger charge is 2.72. The Kier molecular flexibility index (Phi) is 8.05. The first-order valence-corrected chi connectivity index (χ1v) is 12.8. The molecular formula is C25H40FN3O6. The number of allylic oxidation sites excluding steroid dienone is 1. The molecule has 2 heterocycles. The van der Waals surface area contributed by atoms with Gasteiger partial charge in [-0.2, -0.15) is 0 Å². The molecule has 10 heteroatoms. The lowest BCUT2D eigenvalue weighted by atomic mass is 9.68. The molecule has 4 aliphatic rings. The van der Waals surface area contributed by atoms with Gasteiger partial charge in [-0.15, -0.1) is 10.0 Å². The predicted octanol–water partition coefficient (Wildman–Crippen LogP) is 2.69. The van der Waals surface area contributed by atoms with E-state index in [0.29, 0.717) is 13.0 Å². The standard InChI is InChI=1S/C25H40FN3O6/c1-15(2)5-10-19-24(3,35-19)22-21(32-4)18(11-12-25(22)14-33-25)34-23(31)29-17-8-6-16(7-9-17)28-20(30)13-27-26/h5,16-19,21-22,27H,6-14H2,1-4H3,(H,28,30)(H,29,31)/t16?,17?,18?,19?,21?,22?,24-,25?/m1/s1. The maximum Gasteiger partial charge on any atom is 0.407 e. The van der Waals surface area contributed by atoms with E-state index >= 15 is 0 Å². The van der Waals surface area contributed by atoms with Gasteiger partial charge in [0.15, 0.2) is 0 Å². The van der Waals surface area contributed by atoms with Gasteiger partial charge in [0, 0.05) is 19.2 Å². The highest BCUT2D eigenvalue weighted by Crippen LogP contribution is 2.59. The summed E-state index contributed by atoms with van der Waals surface area (Å²) < 4.78 is 36.1. The third-order valence-corrected chi connectivity index (χ3v) is 8.14. The van der Waals surface area contributed by atoms with E-state index in [2.05, 4.69) is 37.5 Å². The molecule has 2 amide bonds. The van der Waals surface area contributed by atoms with Crippen LogP contribution in [0.4, 0.5) is 9.28 Å². The van der Waals surface area contributed by atoms with Crippen LogP contribution in [0.1, 0.15) is 65.7 Å². The van der Waals surface area contributed by atoms with Crippen LogP contribution in [0.3, 0.4) is 0 Å². The number of nitrogens with one attached hydrogen (secondary N) is 3. The van der Waals surface area contributed by atoms with Crippen LogP contribution in [0.5, 0.6) is 0 Å². The van der Waals surface area contributed by atoms with Crippen LogP contribution in [-0.2, 0) is 23.7 Å². The van der Waals surface area contributed by atoms with Crippen molar-refractivity contribution in [3.63, 3.8) is 0 Å². The molecule has 0 aromatic carbocycles. The van der Waals surface area contributed by atoms with E-state index in [4.69, 9.17) is 18.9 Å². The number of rotatable bonds is 9. The zero-order chi connectivity index (χ0) is 25.2. The first-order valence-electron chi connectivity index (χ1n) is 12.8. The first kappa shape index (κ1) is 26.3. The normalized spacial score (nSPS) is 40.0. The summed E-state index contributed by atoms with van der Waals surface area (Å²) in [5.74, 6) is -0.380. The topological polar surface area (TPSA) is 114 Å². The van der Waals surface area contributed by atoms with Gasteiger partial charge in [-0.1, -0.05) is 11.6 Å². The van der Waals surface area contributed by atoms with E-state index in [-0.39, 0.29) is 60.0 Å². The van der Waals surface area contributed by atoms with Crippen molar-refractivity contribution in [1.29, 1.82) is 0 Å². The second-order valence-electron chi connectivity index (χ2n) is 10.9. The Morgan fingerprint density at radius 1 is 1.11 bits per heavy atom. The van der Waals surface area contributed by atoms with Gasteiger partial charge in [0.1, 0.15) is 30.0 Å². The van der Waals surface area contributed by atoms with Crippen molar-refractivity contribution in [2.75, 3.05) is 20.3 Å². The van der Waals surface area contributed by atoms with Crippen LogP contribution >= 0.6 is 0 Å². The first-order chi connectivity index (χ1) is 16.7. The highest BCUT2D eigenvalue weighted by molar-refractivity contribution is 5.78. The second-order valence-corrected chi connectivity index (χ2v) is 10.9. The van der Waals surface area contributed by atoms with Crippen LogP contribution in [-0.4, -0.2) is 73.9 Å². The van der Waals surface area contributed by atoms with E-state index in [1.165, 1.54) is 11.1 Å². The van der Waals surface area contributed by atoms with Gasteiger partial charge in [0.25, 0.3) is 0 Å². The Labute approximate surface area is 206 Å². The molecule has 35 heavy (non-hydrogen) atoms. The average Bonchev–Trinajstić information content (AvgIpc) is 3.72. The van der Waals surface area contributed by atoms with Gasteiger partial charge in [-0.3, -0.25) is 4.79 Å². The fourth-order valence-corrected chi connectivity index (χ4v) is 6.13. The summed E-state index contributed by atoms with van der Waals surface area (Å²) in [4.78, 5) is 24.4. The molecule has 6 atom stereocenters. The van der Waals surface area contributed by atoms with Gasteiger partial charge >= 0.3 is 6.09 Å². The Morgan fingerprint density at radius 3 is 2.34 bits per heavy atom. The quantitative estimate of drug-likeness (QED) is 0.255. The Morgan fingerprint density at radius 2 is 1.77 bits per heavy atom. The molecule has 2 aliphatic carbocycles. The number of ether oxygens (including phenoxy) is 4. The summed E-state index contributed by atoms with van der Waals surface area (Å²) in [5, 5.41) is 5.79. The molecular weight excluding hydrogens is 457 g/mol. The van der Waals surface area contributed by atoms with E-state index in [1.807, 2.05) is 0 Å². The summed E-state index contributed by atoms with van der Waals surface area (Å²) >= 11 is 0. The van der Waals surface area contributed by atoms with Gasteiger partial charge in [0.2, 0.25) is 5.91 Å². The number of hydrogen-bond donors (Lipinski definition) is 3. The number of carbonyl (C=O) groups excluding carboxylic acids is 2. The highest BCUT2D eigenvalue weighted by atomic mass is 19.2. The lowest BCUT2D eigenvalue weighted by Gasteiger charge is -2.42. The molecule has 9 nitrogen and oxygen atoms in total. The fourth-order valence-electron chi connectivity index (χ4n) is 6.13. The molecule has 0 radical (unpaired) electrons. The number of alkyl carbamates (subject to hydrolysis) is 1. The van der Waals surface area contributed by atoms with Crippen molar-refractivity contribution in [3.8, 4) is 0 Å². The molecule has 5 unspecified atom stereocenters. The van der Waals surface area contributed by atoms with E-state index in [0.717, 1.165) is 38.5 Å². The molecule has 4 rings (SSSR count). The summed E-state index contributed by atoms with van der Waals surface area (Å²) in [5.41, 5.74) is 1.99. The summed E-state index contributed by atoms with van der Waals surface area (Å²) in [7, 11) is 1.66. The molecule has 0 bridgehead atoms. The van der Waals surface area contributed by atoms with Crippen LogP contribution in [0.2, 0.25) is 0 Å². The molecule has 0 aromatic rings. The minimum atomic E-state index is -0.444. The summed E-state index contributed by atoms with van der Waals surface area (Å²) in [6.45, 7) is 6.63. The molecule has 3 N–H and O–H groups in total. The second kappa shape index (κ2) is 10.7. The zero-order valence-corrected chi connectivity index (χ0v) is 21.2. The lowest BCUT2D eigenvalue weighted by Crippen LogP contribution is -2.56. The van der Waals surface area contributed by atoms with E-state index in [1.54, 1.807) is 7.11 Å². The molecule has 2 saturated carbocycles. The van der Waals surface area contributed by atoms with E-state index in [9.17, 15) is 14.1 Å². The average molecular weight is 498 g/mol. The van der Waals surface area contributed by atoms with Gasteiger partial charge < -0.3 is 29.6 Å². The third-order valence-electron chi connectivity index (χ3n) is 8.14. The van der Waals surface area contributed by atoms with Crippen LogP contribution in [0, 0.1) is 5.92 Å². The number of hydrogen-bond acceptors (Lipinski definition) is 7. The van der Waals surface area contributed by atoms with Gasteiger partial charge in [-0.25, -0.2) is 4.79 Å². The van der Waals surface area contributed by atoms with Crippen molar-refractivity contribution in [2.24, 2.45) is 5.92 Å². The predicted molar refractivity (Wildman–Crippen MR) is 126 cm³/mol. The van der Waals surface area contributed by atoms with Crippen molar-refractivity contribution in [1.82, 2.24) is 16.2 Å². The summed E-state index contributed by atoms with van der Waals surface area (Å²) in [6, 6.07) is -0.0265. The molecule has 0 aromatic heterocycles. The van der Waals surface area contributed by atoms with Crippen LogP contribution in [0.15, 0.2) is 11.6 Å². The van der Waals surface area contributed by atoms with Gasteiger partial charge in [0.05, 0.1) is 18.6 Å². The maximum absolute atomic E-state index is 12.8. The minimum absolute atomic E-state index is 0.00445.